The van der Waals surface area contributed by atoms with Gasteiger partial charge in [0.2, 0.25) is 0 Å². The Kier molecular flexibility index (Phi) is 9.27. The van der Waals surface area contributed by atoms with E-state index in [1.165, 1.54) is 27.9 Å². The molecule has 208 valence electrons. The number of hydrogen-bond donors (Lipinski definition) is 1. The van der Waals surface area contributed by atoms with E-state index in [0.29, 0.717) is 18.3 Å². The first kappa shape index (κ1) is 27.4. The number of rotatable bonds is 11. The van der Waals surface area contributed by atoms with Crippen molar-refractivity contribution in [1.29, 1.82) is 0 Å². The van der Waals surface area contributed by atoms with Gasteiger partial charge in [0.25, 0.3) is 0 Å². The standard InChI is InChI=1S/C33H42N2O4/c1-3-14-35(24-25-4-10-30(11-5-25)39-20-17-34-15-18-38-19-16-34)33-23-31(37-2)12-13-32(33)28-7-6-27-22-29(36)9-8-26(27)21-28/h4-5,8-13,22-23,28,36H,3,6-7,14-21,24H2,1-2H3. The molecule has 2 aliphatic rings. The molecule has 6 nitrogen and oxygen atoms in total. The molecule has 1 saturated heterocycles. The van der Waals surface area contributed by atoms with Crippen LogP contribution < -0.4 is 14.4 Å². The first-order valence-electron chi connectivity index (χ1n) is 14.4. The summed E-state index contributed by atoms with van der Waals surface area (Å²) in [6.45, 7) is 9.26. The number of ether oxygens (including phenoxy) is 3. The molecule has 0 amide bonds. The summed E-state index contributed by atoms with van der Waals surface area (Å²) in [5.41, 5.74) is 6.53. The Labute approximate surface area is 233 Å². The number of benzene rings is 3. The molecule has 0 spiro atoms. The van der Waals surface area contributed by atoms with Gasteiger partial charge >= 0.3 is 0 Å². The van der Waals surface area contributed by atoms with Crippen LogP contribution in [-0.4, -0.2) is 63.1 Å². The van der Waals surface area contributed by atoms with E-state index < -0.39 is 0 Å². The van der Waals surface area contributed by atoms with Gasteiger partial charge in [-0.05, 0) is 84.2 Å². The number of morpholine rings is 1. The lowest BCUT2D eigenvalue weighted by atomic mass is 9.79. The van der Waals surface area contributed by atoms with E-state index in [-0.39, 0.29) is 0 Å². The maximum Gasteiger partial charge on any atom is 0.120 e. The molecular formula is C33H42N2O4. The fraction of sp³-hybridized carbons (Fsp3) is 0.455. The van der Waals surface area contributed by atoms with Crippen molar-refractivity contribution >= 4 is 5.69 Å². The fourth-order valence-corrected chi connectivity index (χ4v) is 5.86. The van der Waals surface area contributed by atoms with E-state index in [1.807, 2.05) is 12.1 Å². The zero-order valence-corrected chi connectivity index (χ0v) is 23.4. The number of aromatic hydroxyl groups is 1. The Hall–Kier alpha value is -3.22. The molecule has 0 bridgehead atoms. The Morgan fingerprint density at radius 2 is 1.77 bits per heavy atom. The number of methoxy groups -OCH3 is 1. The summed E-state index contributed by atoms with van der Waals surface area (Å²) in [5.74, 6) is 2.60. The van der Waals surface area contributed by atoms with Crippen molar-refractivity contribution in [3.8, 4) is 17.2 Å². The minimum absolute atomic E-state index is 0.361. The van der Waals surface area contributed by atoms with Crippen molar-refractivity contribution in [3.63, 3.8) is 0 Å². The number of phenols is 1. The van der Waals surface area contributed by atoms with Crippen molar-refractivity contribution in [3.05, 3.63) is 82.9 Å². The highest BCUT2D eigenvalue weighted by Crippen LogP contribution is 2.40. The molecule has 39 heavy (non-hydrogen) atoms. The Balaban J connectivity index is 1.29. The second kappa shape index (κ2) is 13.2. The predicted octanol–water partition coefficient (Wildman–Crippen LogP) is 5.80. The molecule has 1 N–H and O–H groups in total. The molecule has 5 rings (SSSR count). The highest BCUT2D eigenvalue weighted by Gasteiger charge is 2.25. The molecule has 0 aromatic heterocycles. The van der Waals surface area contributed by atoms with Crippen molar-refractivity contribution < 1.29 is 19.3 Å². The van der Waals surface area contributed by atoms with E-state index in [1.54, 1.807) is 7.11 Å². The SMILES string of the molecule is CCCN(Cc1ccc(OCCN2CCOCC2)cc1)c1cc(OC)ccc1C1CCc2cc(O)ccc2C1. The molecule has 3 aromatic rings. The second-order valence-electron chi connectivity index (χ2n) is 10.7. The van der Waals surface area contributed by atoms with E-state index in [9.17, 15) is 5.11 Å². The van der Waals surface area contributed by atoms with E-state index in [4.69, 9.17) is 14.2 Å². The van der Waals surface area contributed by atoms with Crippen LogP contribution in [0.4, 0.5) is 5.69 Å². The first-order valence-corrected chi connectivity index (χ1v) is 14.4. The lowest BCUT2D eigenvalue weighted by molar-refractivity contribution is 0.0322. The normalized spacial score (nSPS) is 17.4. The number of hydrogen-bond acceptors (Lipinski definition) is 6. The van der Waals surface area contributed by atoms with Gasteiger partial charge in [-0.2, -0.15) is 0 Å². The highest BCUT2D eigenvalue weighted by atomic mass is 16.5. The zero-order chi connectivity index (χ0) is 27.0. The third-order valence-corrected chi connectivity index (χ3v) is 8.01. The second-order valence-corrected chi connectivity index (χ2v) is 10.7. The smallest absolute Gasteiger partial charge is 0.120 e. The van der Waals surface area contributed by atoms with Gasteiger partial charge < -0.3 is 24.2 Å². The average molecular weight is 531 g/mol. The third-order valence-electron chi connectivity index (χ3n) is 8.01. The average Bonchev–Trinajstić information content (AvgIpc) is 2.98. The van der Waals surface area contributed by atoms with Crippen LogP contribution in [0.1, 0.15) is 47.9 Å². The van der Waals surface area contributed by atoms with Crippen LogP contribution in [0.2, 0.25) is 0 Å². The minimum Gasteiger partial charge on any atom is -0.508 e. The molecule has 1 unspecified atom stereocenters. The number of phenolic OH excluding ortho intramolecular Hbond substituents is 1. The largest absolute Gasteiger partial charge is 0.508 e. The van der Waals surface area contributed by atoms with Crippen LogP contribution in [0.5, 0.6) is 17.2 Å². The van der Waals surface area contributed by atoms with Gasteiger partial charge in [-0.25, -0.2) is 0 Å². The predicted molar refractivity (Wildman–Crippen MR) is 156 cm³/mol. The van der Waals surface area contributed by atoms with E-state index in [0.717, 1.165) is 83.1 Å². The van der Waals surface area contributed by atoms with Gasteiger partial charge in [-0.1, -0.05) is 31.2 Å². The van der Waals surface area contributed by atoms with Crippen molar-refractivity contribution in [2.45, 2.75) is 45.1 Å². The monoisotopic (exact) mass is 530 g/mol. The molecular weight excluding hydrogens is 488 g/mol. The summed E-state index contributed by atoms with van der Waals surface area (Å²) >= 11 is 0. The molecule has 1 fully saturated rings. The summed E-state index contributed by atoms with van der Waals surface area (Å²) < 4.78 is 17.1. The Morgan fingerprint density at radius 3 is 2.54 bits per heavy atom. The van der Waals surface area contributed by atoms with Gasteiger partial charge in [-0.15, -0.1) is 0 Å². The first-order chi connectivity index (χ1) is 19.1. The lowest BCUT2D eigenvalue weighted by Gasteiger charge is -2.32. The molecule has 0 radical (unpaired) electrons. The minimum atomic E-state index is 0.361. The topological polar surface area (TPSA) is 54.4 Å². The molecule has 1 aliphatic carbocycles. The molecule has 1 atom stereocenters. The summed E-state index contributed by atoms with van der Waals surface area (Å²) in [4.78, 5) is 4.89. The Bertz CT molecular complexity index is 1210. The fourth-order valence-electron chi connectivity index (χ4n) is 5.86. The van der Waals surface area contributed by atoms with Crippen LogP contribution in [-0.2, 0) is 24.1 Å². The van der Waals surface area contributed by atoms with Crippen molar-refractivity contribution in [2.24, 2.45) is 0 Å². The van der Waals surface area contributed by atoms with Gasteiger partial charge in [0, 0.05) is 44.5 Å². The summed E-state index contributed by atoms with van der Waals surface area (Å²) in [6.07, 6.45) is 4.12. The van der Waals surface area contributed by atoms with Crippen LogP contribution in [0, 0.1) is 0 Å². The number of aryl methyl sites for hydroxylation is 1. The third kappa shape index (κ3) is 7.06. The maximum atomic E-state index is 9.92. The number of nitrogens with zero attached hydrogens (tertiary/aromatic N) is 2. The highest BCUT2D eigenvalue weighted by molar-refractivity contribution is 5.60. The number of anilines is 1. The van der Waals surface area contributed by atoms with Crippen molar-refractivity contribution in [2.75, 3.05) is 58.0 Å². The van der Waals surface area contributed by atoms with Gasteiger partial charge in [0.1, 0.15) is 23.9 Å². The number of fused-ring (bicyclic) bond motifs is 1. The zero-order valence-electron chi connectivity index (χ0n) is 23.4. The lowest BCUT2D eigenvalue weighted by Crippen LogP contribution is -2.38. The van der Waals surface area contributed by atoms with Gasteiger partial charge in [0.15, 0.2) is 0 Å². The van der Waals surface area contributed by atoms with Crippen LogP contribution in [0.15, 0.2) is 60.7 Å². The molecule has 6 heteroatoms. The van der Waals surface area contributed by atoms with Crippen LogP contribution >= 0.6 is 0 Å². The van der Waals surface area contributed by atoms with Gasteiger partial charge in [-0.3, -0.25) is 4.90 Å². The van der Waals surface area contributed by atoms with E-state index >= 15 is 0 Å². The summed E-state index contributed by atoms with van der Waals surface area (Å²) in [5, 5.41) is 9.92. The molecule has 1 aliphatic heterocycles. The maximum absolute atomic E-state index is 9.92. The molecule has 1 heterocycles. The van der Waals surface area contributed by atoms with Crippen molar-refractivity contribution in [1.82, 2.24) is 4.90 Å². The summed E-state index contributed by atoms with van der Waals surface area (Å²) in [7, 11) is 1.74. The molecule has 3 aromatic carbocycles. The van der Waals surface area contributed by atoms with Crippen LogP contribution in [0.25, 0.3) is 0 Å². The molecule has 0 saturated carbocycles. The van der Waals surface area contributed by atoms with Crippen LogP contribution in [0.3, 0.4) is 0 Å². The van der Waals surface area contributed by atoms with E-state index in [2.05, 4.69) is 65.3 Å². The summed E-state index contributed by atoms with van der Waals surface area (Å²) in [6, 6.07) is 21.0. The quantitative estimate of drug-likeness (QED) is 0.338. The van der Waals surface area contributed by atoms with Gasteiger partial charge in [0.05, 0.1) is 20.3 Å². The Morgan fingerprint density at radius 1 is 0.974 bits per heavy atom.